The van der Waals surface area contributed by atoms with Gasteiger partial charge in [-0.15, -0.1) is 0 Å². The minimum Gasteiger partial charge on any atom is -0.497 e. The van der Waals surface area contributed by atoms with Gasteiger partial charge in [0.15, 0.2) is 0 Å². The summed E-state index contributed by atoms with van der Waals surface area (Å²) in [7, 11) is 1.56. The molecule has 0 unspecified atom stereocenters. The number of carbonyl (C=O) groups is 2. The highest BCUT2D eigenvalue weighted by atomic mass is 35.5. The minimum absolute atomic E-state index is 0.229. The Hall–Kier alpha value is -3.57. The number of halogens is 1. The number of rotatable bonds is 6. The van der Waals surface area contributed by atoms with E-state index < -0.39 is 11.8 Å². The second kappa shape index (κ2) is 8.66. The number of aryl methyl sites for hydroxylation is 1. The number of anilines is 2. The zero-order chi connectivity index (χ0) is 22.0. The van der Waals surface area contributed by atoms with Gasteiger partial charge in [-0.3, -0.25) is 9.59 Å². The van der Waals surface area contributed by atoms with E-state index in [1.807, 2.05) is 24.3 Å². The fourth-order valence-corrected chi connectivity index (χ4v) is 3.59. The molecule has 0 aliphatic carbocycles. The van der Waals surface area contributed by atoms with Gasteiger partial charge >= 0.3 is 0 Å². The third-order valence-electron chi connectivity index (χ3n) is 5.18. The topological polar surface area (TPSA) is 58.6 Å². The quantitative estimate of drug-likeness (QED) is 0.536. The zero-order valence-electron chi connectivity index (χ0n) is 17.2. The molecule has 1 heterocycles. The standard InChI is InChI=1S/C25H21ClN2O3/c1-3-16-4-10-19(11-5-16)27-23-22(17-6-8-18(26)9-7-17)24(29)28(25(23)30)20-12-14-21(31-2)15-13-20/h4-15,27H,3H2,1-2H3. The Bertz CT molecular complexity index is 1150. The molecule has 0 radical (unpaired) electrons. The van der Waals surface area contributed by atoms with Crippen molar-refractivity contribution in [3.63, 3.8) is 0 Å². The lowest BCUT2D eigenvalue weighted by atomic mass is 10.0. The molecule has 1 N–H and O–H groups in total. The number of nitrogens with zero attached hydrogens (tertiary/aromatic N) is 1. The van der Waals surface area contributed by atoms with E-state index >= 15 is 0 Å². The molecule has 4 rings (SSSR count). The maximum Gasteiger partial charge on any atom is 0.282 e. The van der Waals surface area contributed by atoms with E-state index in [4.69, 9.17) is 16.3 Å². The third kappa shape index (κ3) is 4.05. The smallest absolute Gasteiger partial charge is 0.282 e. The maximum absolute atomic E-state index is 13.4. The van der Waals surface area contributed by atoms with Crippen LogP contribution in [-0.2, 0) is 16.0 Å². The van der Waals surface area contributed by atoms with Crippen molar-refractivity contribution in [3.8, 4) is 5.75 Å². The number of amides is 2. The molecular weight excluding hydrogens is 412 g/mol. The van der Waals surface area contributed by atoms with Crippen molar-refractivity contribution in [1.29, 1.82) is 0 Å². The zero-order valence-corrected chi connectivity index (χ0v) is 17.9. The van der Waals surface area contributed by atoms with Crippen molar-refractivity contribution in [3.05, 3.63) is 94.6 Å². The largest absolute Gasteiger partial charge is 0.497 e. The van der Waals surface area contributed by atoms with E-state index in [0.29, 0.717) is 27.6 Å². The van der Waals surface area contributed by atoms with Crippen LogP contribution in [0.1, 0.15) is 18.1 Å². The lowest BCUT2D eigenvalue weighted by Crippen LogP contribution is -2.32. The first kappa shape index (κ1) is 20.7. The summed E-state index contributed by atoms with van der Waals surface area (Å²) in [5, 5.41) is 3.72. The Balaban J connectivity index is 1.77. The SMILES string of the molecule is CCc1ccc(NC2=C(c3ccc(Cl)cc3)C(=O)N(c3ccc(OC)cc3)C2=O)cc1. The summed E-state index contributed by atoms with van der Waals surface area (Å²) in [6, 6.07) is 21.5. The van der Waals surface area contributed by atoms with Gasteiger partial charge in [-0.25, -0.2) is 4.90 Å². The summed E-state index contributed by atoms with van der Waals surface area (Å²) in [6.07, 6.45) is 0.918. The molecule has 0 bridgehead atoms. The average molecular weight is 433 g/mol. The molecule has 6 heteroatoms. The van der Waals surface area contributed by atoms with Gasteiger partial charge in [-0.1, -0.05) is 42.8 Å². The van der Waals surface area contributed by atoms with Crippen molar-refractivity contribution in [2.75, 3.05) is 17.3 Å². The predicted octanol–water partition coefficient (Wildman–Crippen LogP) is 5.31. The number of hydrogen-bond acceptors (Lipinski definition) is 4. The fourth-order valence-electron chi connectivity index (χ4n) is 3.46. The van der Waals surface area contributed by atoms with E-state index in [2.05, 4.69) is 12.2 Å². The van der Waals surface area contributed by atoms with Gasteiger partial charge < -0.3 is 10.1 Å². The number of nitrogens with one attached hydrogen (secondary N) is 1. The number of benzene rings is 3. The van der Waals surface area contributed by atoms with Gasteiger partial charge in [0.2, 0.25) is 0 Å². The van der Waals surface area contributed by atoms with Gasteiger partial charge in [0, 0.05) is 10.7 Å². The Morgan fingerprint density at radius 2 is 1.52 bits per heavy atom. The van der Waals surface area contributed by atoms with E-state index in [1.54, 1.807) is 55.6 Å². The molecule has 0 saturated carbocycles. The average Bonchev–Trinajstić information content (AvgIpc) is 3.04. The molecule has 0 atom stereocenters. The molecule has 156 valence electrons. The lowest BCUT2D eigenvalue weighted by molar-refractivity contribution is -0.120. The Morgan fingerprint density at radius 3 is 2.10 bits per heavy atom. The first-order chi connectivity index (χ1) is 15.0. The van der Waals surface area contributed by atoms with Gasteiger partial charge in [-0.05, 0) is 66.1 Å². The van der Waals surface area contributed by atoms with Crippen LogP contribution < -0.4 is 15.0 Å². The monoisotopic (exact) mass is 432 g/mol. The molecule has 0 aromatic heterocycles. The Kier molecular flexibility index (Phi) is 5.78. The van der Waals surface area contributed by atoms with Crippen LogP contribution in [-0.4, -0.2) is 18.9 Å². The fraction of sp³-hybridized carbons (Fsp3) is 0.120. The van der Waals surface area contributed by atoms with Crippen molar-refractivity contribution in [1.82, 2.24) is 0 Å². The van der Waals surface area contributed by atoms with Crippen LogP contribution in [0.15, 0.2) is 78.5 Å². The van der Waals surface area contributed by atoms with Gasteiger partial charge in [-0.2, -0.15) is 0 Å². The second-order valence-electron chi connectivity index (χ2n) is 7.08. The van der Waals surface area contributed by atoms with E-state index in [1.165, 1.54) is 10.5 Å². The molecule has 2 amide bonds. The molecule has 3 aromatic rings. The highest BCUT2D eigenvalue weighted by Crippen LogP contribution is 2.34. The van der Waals surface area contributed by atoms with Crippen LogP contribution in [0.5, 0.6) is 5.75 Å². The highest BCUT2D eigenvalue weighted by molar-refractivity contribution is 6.46. The molecule has 1 aliphatic rings. The summed E-state index contributed by atoms with van der Waals surface area (Å²) in [6.45, 7) is 2.08. The predicted molar refractivity (Wildman–Crippen MR) is 123 cm³/mol. The van der Waals surface area contributed by atoms with Gasteiger partial charge in [0.05, 0.1) is 18.4 Å². The van der Waals surface area contributed by atoms with Crippen LogP contribution in [0.3, 0.4) is 0 Å². The van der Waals surface area contributed by atoms with Crippen molar-refractivity contribution < 1.29 is 14.3 Å². The van der Waals surface area contributed by atoms with Crippen LogP contribution in [0, 0.1) is 0 Å². The molecule has 0 saturated heterocycles. The molecule has 5 nitrogen and oxygen atoms in total. The summed E-state index contributed by atoms with van der Waals surface area (Å²) < 4.78 is 5.18. The van der Waals surface area contributed by atoms with E-state index in [9.17, 15) is 9.59 Å². The number of ether oxygens (including phenoxy) is 1. The highest BCUT2D eigenvalue weighted by Gasteiger charge is 2.40. The van der Waals surface area contributed by atoms with Gasteiger partial charge in [0.25, 0.3) is 11.8 Å². The van der Waals surface area contributed by atoms with Gasteiger partial charge in [0.1, 0.15) is 11.4 Å². The lowest BCUT2D eigenvalue weighted by Gasteiger charge is -2.16. The summed E-state index contributed by atoms with van der Waals surface area (Å²) >= 11 is 6.03. The molecule has 0 spiro atoms. The maximum atomic E-state index is 13.4. The summed E-state index contributed by atoms with van der Waals surface area (Å²) in [5.41, 5.74) is 3.54. The first-order valence-corrected chi connectivity index (χ1v) is 10.3. The number of carbonyl (C=O) groups excluding carboxylic acids is 2. The first-order valence-electron chi connectivity index (χ1n) is 9.91. The minimum atomic E-state index is -0.417. The van der Waals surface area contributed by atoms with Crippen LogP contribution >= 0.6 is 11.6 Å². The van der Waals surface area contributed by atoms with Crippen molar-refractivity contribution in [2.24, 2.45) is 0 Å². The van der Waals surface area contributed by atoms with Crippen LogP contribution in [0.2, 0.25) is 5.02 Å². The number of methoxy groups -OCH3 is 1. The van der Waals surface area contributed by atoms with E-state index in [-0.39, 0.29) is 5.70 Å². The molecule has 1 aliphatic heterocycles. The van der Waals surface area contributed by atoms with Crippen LogP contribution in [0.4, 0.5) is 11.4 Å². The van der Waals surface area contributed by atoms with E-state index in [0.717, 1.165) is 12.1 Å². The third-order valence-corrected chi connectivity index (χ3v) is 5.43. The second-order valence-corrected chi connectivity index (χ2v) is 7.51. The summed E-state index contributed by atoms with van der Waals surface area (Å²) in [5.74, 6) is -0.173. The number of imide groups is 1. The Morgan fingerprint density at radius 1 is 0.871 bits per heavy atom. The molecule has 3 aromatic carbocycles. The molecular formula is C25H21ClN2O3. The molecule has 0 fully saturated rings. The Labute approximate surface area is 185 Å². The van der Waals surface area contributed by atoms with Crippen molar-refractivity contribution in [2.45, 2.75) is 13.3 Å². The molecule has 31 heavy (non-hydrogen) atoms. The van der Waals surface area contributed by atoms with Crippen molar-refractivity contribution >= 4 is 40.4 Å². The number of hydrogen-bond donors (Lipinski definition) is 1. The summed E-state index contributed by atoms with van der Waals surface area (Å²) in [4.78, 5) is 27.9. The normalized spacial score (nSPS) is 13.7. The van der Waals surface area contributed by atoms with Crippen LogP contribution in [0.25, 0.3) is 5.57 Å².